The van der Waals surface area contributed by atoms with Gasteiger partial charge in [-0.25, -0.2) is 4.79 Å². The lowest BCUT2D eigenvalue weighted by atomic mass is 10.0. The molecular weight excluding hydrogens is 372 g/mol. The number of guanidine groups is 1. The predicted octanol–water partition coefficient (Wildman–Crippen LogP) is 2.92. The van der Waals surface area contributed by atoms with Gasteiger partial charge < -0.3 is 30.2 Å². The normalized spacial score (nSPS) is 12.9. The van der Waals surface area contributed by atoms with Crippen LogP contribution in [0.3, 0.4) is 0 Å². The van der Waals surface area contributed by atoms with Crippen LogP contribution in [-0.2, 0) is 11.3 Å². The first-order valence-electron chi connectivity index (χ1n) is 9.74. The SMILES string of the molecule is CN=C(NCc1ccc(OC)cc1OC)NCC(NC(=O)OC(C)(C)C)C(C)C. The van der Waals surface area contributed by atoms with Gasteiger partial charge in [-0.3, -0.25) is 4.99 Å². The molecule has 0 bridgehead atoms. The lowest BCUT2D eigenvalue weighted by Gasteiger charge is -2.26. The molecule has 1 amide bonds. The first-order valence-corrected chi connectivity index (χ1v) is 9.74. The summed E-state index contributed by atoms with van der Waals surface area (Å²) >= 11 is 0. The Labute approximate surface area is 174 Å². The molecule has 1 atom stereocenters. The summed E-state index contributed by atoms with van der Waals surface area (Å²) in [6, 6.07) is 5.56. The zero-order valence-corrected chi connectivity index (χ0v) is 18.9. The van der Waals surface area contributed by atoms with Gasteiger partial charge in [-0.2, -0.15) is 0 Å². The fourth-order valence-electron chi connectivity index (χ4n) is 2.52. The van der Waals surface area contributed by atoms with Gasteiger partial charge in [0, 0.05) is 31.8 Å². The first kappa shape index (κ1) is 24.4. The Morgan fingerprint density at radius 3 is 2.34 bits per heavy atom. The largest absolute Gasteiger partial charge is 0.497 e. The highest BCUT2D eigenvalue weighted by Gasteiger charge is 2.21. The molecule has 0 aliphatic rings. The summed E-state index contributed by atoms with van der Waals surface area (Å²) in [7, 11) is 4.95. The van der Waals surface area contributed by atoms with Crippen molar-refractivity contribution < 1.29 is 19.0 Å². The lowest BCUT2D eigenvalue weighted by molar-refractivity contribution is 0.0491. The van der Waals surface area contributed by atoms with E-state index in [2.05, 4.69) is 20.9 Å². The lowest BCUT2D eigenvalue weighted by Crippen LogP contribution is -2.50. The number of hydrogen-bond acceptors (Lipinski definition) is 5. The number of benzene rings is 1. The molecular formula is C21H36N4O4. The van der Waals surface area contributed by atoms with Gasteiger partial charge >= 0.3 is 6.09 Å². The number of amides is 1. The molecule has 0 saturated heterocycles. The highest BCUT2D eigenvalue weighted by atomic mass is 16.6. The molecule has 8 nitrogen and oxygen atoms in total. The van der Waals surface area contributed by atoms with E-state index < -0.39 is 11.7 Å². The topological polar surface area (TPSA) is 93.2 Å². The van der Waals surface area contributed by atoms with E-state index in [1.54, 1.807) is 21.3 Å². The number of carbonyl (C=O) groups excluding carboxylic acids is 1. The second kappa shape index (κ2) is 11.4. The smallest absolute Gasteiger partial charge is 0.407 e. The van der Waals surface area contributed by atoms with Crippen LogP contribution >= 0.6 is 0 Å². The average molecular weight is 409 g/mol. The summed E-state index contributed by atoms with van der Waals surface area (Å²) in [5.74, 6) is 2.31. The number of ether oxygens (including phenoxy) is 3. The van der Waals surface area contributed by atoms with Gasteiger partial charge in [-0.1, -0.05) is 13.8 Å². The summed E-state index contributed by atoms with van der Waals surface area (Å²) in [5, 5.41) is 9.43. The maximum absolute atomic E-state index is 12.1. The van der Waals surface area contributed by atoms with Crippen LogP contribution in [0.15, 0.2) is 23.2 Å². The van der Waals surface area contributed by atoms with Crippen LogP contribution in [0.25, 0.3) is 0 Å². The van der Waals surface area contributed by atoms with Crippen molar-refractivity contribution >= 4 is 12.1 Å². The molecule has 0 fully saturated rings. The fourth-order valence-corrected chi connectivity index (χ4v) is 2.52. The molecule has 1 aromatic carbocycles. The molecule has 0 radical (unpaired) electrons. The van der Waals surface area contributed by atoms with Crippen LogP contribution in [0.1, 0.15) is 40.2 Å². The summed E-state index contributed by atoms with van der Waals surface area (Å²) in [4.78, 5) is 16.3. The van der Waals surface area contributed by atoms with E-state index in [0.717, 1.165) is 17.1 Å². The van der Waals surface area contributed by atoms with Crippen molar-refractivity contribution in [2.45, 2.75) is 52.8 Å². The van der Waals surface area contributed by atoms with Gasteiger partial charge in [-0.05, 0) is 38.8 Å². The quantitative estimate of drug-likeness (QED) is 0.452. The molecule has 3 N–H and O–H groups in total. The molecule has 1 aromatic rings. The Balaban J connectivity index is 2.64. The van der Waals surface area contributed by atoms with Crippen LogP contribution in [0.5, 0.6) is 11.5 Å². The second-order valence-electron chi connectivity index (χ2n) is 7.98. The molecule has 0 saturated carbocycles. The molecule has 164 valence electrons. The third kappa shape index (κ3) is 8.93. The Hall–Kier alpha value is -2.64. The summed E-state index contributed by atoms with van der Waals surface area (Å²) in [6.07, 6.45) is -0.427. The van der Waals surface area contributed by atoms with E-state index in [0.29, 0.717) is 19.0 Å². The first-order chi connectivity index (χ1) is 13.6. The van der Waals surface area contributed by atoms with Crippen molar-refractivity contribution in [3.8, 4) is 11.5 Å². The standard InChI is InChI=1S/C21H36N4O4/c1-14(2)17(25-20(26)29-21(3,4)5)13-24-19(22-6)23-12-15-9-10-16(27-7)11-18(15)28-8/h9-11,14,17H,12-13H2,1-8H3,(H,25,26)(H2,22,23,24). The predicted molar refractivity (Wildman–Crippen MR) is 116 cm³/mol. The van der Waals surface area contributed by atoms with Gasteiger partial charge in [0.1, 0.15) is 17.1 Å². The van der Waals surface area contributed by atoms with Crippen LogP contribution in [0, 0.1) is 5.92 Å². The third-order valence-electron chi connectivity index (χ3n) is 4.16. The Bertz CT molecular complexity index is 684. The van der Waals surface area contributed by atoms with Crippen LogP contribution in [-0.4, -0.2) is 51.5 Å². The van der Waals surface area contributed by atoms with Crippen molar-refractivity contribution in [3.63, 3.8) is 0 Å². The monoisotopic (exact) mass is 408 g/mol. The number of aliphatic imine (C=N–C) groups is 1. The number of methoxy groups -OCH3 is 2. The summed E-state index contributed by atoms with van der Waals surface area (Å²) in [6.45, 7) is 10.6. The number of nitrogens with zero attached hydrogens (tertiary/aromatic N) is 1. The number of nitrogens with one attached hydrogen (secondary N) is 3. The van der Waals surface area contributed by atoms with Gasteiger partial charge in [0.05, 0.1) is 20.3 Å². The molecule has 1 unspecified atom stereocenters. The van der Waals surface area contributed by atoms with E-state index in [1.807, 2.05) is 52.8 Å². The average Bonchev–Trinajstić information content (AvgIpc) is 2.65. The third-order valence-corrected chi connectivity index (χ3v) is 4.16. The highest BCUT2D eigenvalue weighted by molar-refractivity contribution is 5.79. The van der Waals surface area contributed by atoms with Crippen molar-refractivity contribution in [2.75, 3.05) is 27.8 Å². The van der Waals surface area contributed by atoms with Gasteiger partial charge in [-0.15, -0.1) is 0 Å². The van der Waals surface area contributed by atoms with Gasteiger partial charge in [0.2, 0.25) is 0 Å². The van der Waals surface area contributed by atoms with Crippen molar-refractivity contribution in [1.29, 1.82) is 0 Å². The minimum Gasteiger partial charge on any atom is -0.497 e. The fraction of sp³-hybridized carbons (Fsp3) is 0.619. The zero-order chi connectivity index (χ0) is 22.0. The summed E-state index contributed by atoms with van der Waals surface area (Å²) < 4.78 is 16.0. The van der Waals surface area contributed by atoms with Crippen LogP contribution < -0.4 is 25.4 Å². The van der Waals surface area contributed by atoms with E-state index >= 15 is 0 Å². The van der Waals surface area contributed by atoms with Crippen LogP contribution in [0.4, 0.5) is 4.79 Å². The molecule has 29 heavy (non-hydrogen) atoms. The number of rotatable bonds is 8. The van der Waals surface area contributed by atoms with Gasteiger partial charge in [0.15, 0.2) is 5.96 Å². The van der Waals surface area contributed by atoms with E-state index in [-0.39, 0.29) is 12.0 Å². The van der Waals surface area contributed by atoms with Crippen molar-refractivity contribution in [3.05, 3.63) is 23.8 Å². The molecule has 0 aliphatic carbocycles. The van der Waals surface area contributed by atoms with Crippen LogP contribution in [0.2, 0.25) is 0 Å². The maximum Gasteiger partial charge on any atom is 0.407 e. The molecule has 8 heteroatoms. The van der Waals surface area contributed by atoms with Gasteiger partial charge in [0.25, 0.3) is 0 Å². The molecule has 0 heterocycles. The van der Waals surface area contributed by atoms with E-state index in [1.165, 1.54) is 0 Å². The minimum atomic E-state index is -0.534. The Morgan fingerprint density at radius 1 is 1.14 bits per heavy atom. The number of alkyl carbamates (subject to hydrolysis) is 1. The highest BCUT2D eigenvalue weighted by Crippen LogP contribution is 2.24. The summed E-state index contributed by atoms with van der Waals surface area (Å²) in [5.41, 5.74) is 0.442. The zero-order valence-electron chi connectivity index (χ0n) is 18.9. The van der Waals surface area contributed by atoms with E-state index in [9.17, 15) is 4.79 Å². The number of hydrogen-bond donors (Lipinski definition) is 3. The maximum atomic E-state index is 12.1. The molecule has 0 spiro atoms. The molecule has 0 aromatic heterocycles. The van der Waals surface area contributed by atoms with E-state index in [4.69, 9.17) is 14.2 Å². The van der Waals surface area contributed by atoms with Crippen molar-refractivity contribution in [1.82, 2.24) is 16.0 Å². The molecule has 0 aliphatic heterocycles. The molecule has 1 rings (SSSR count). The Kier molecular flexibility index (Phi) is 9.58. The second-order valence-corrected chi connectivity index (χ2v) is 7.98. The Morgan fingerprint density at radius 2 is 1.83 bits per heavy atom. The minimum absolute atomic E-state index is 0.112. The van der Waals surface area contributed by atoms with Crippen molar-refractivity contribution in [2.24, 2.45) is 10.9 Å². The number of carbonyl (C=O) groups is 1.